The molecule has 1 amide bonds. The van der Waals surface area contributed by atoms with Crippen molar-refractivity contribution in [1.29, 1.82) is 0 Å². The lowest BCUT2D eigenvalue weighted by molar-refractivity contribution is -0.132. The van der Waals surface area contributed by atoms with E-state index in [2.05, 4.69) is 9.88 Å². The number of carbonyl (C=O) groups excluding carboxylic acids is 1. The van der Waals surface area contributed by atoms with Gasteiger partial charge in [-0.3, -0.25) is 18.7 Å². The van der Waals surface area contributed by atoms with Crippen LogP contribution in [-0.2, 0) is 25.4 Å². The van der Waals surface area contributed by atoms with Crippen LogP contribution in [0.2, 0.25) is 0 Å². The predicted molar refractivity (Wildman–Crippen MR) is 130 cm³/mol. The molecule has 5 rings (SSSR count). The van der Waals surface area contributed by atoms with Crippen LogP contribution < -0.4 is 20.9 Å². The average molecular weight is 484 g/mol. The minimum atomic E-state index is -0.463. The molecule has 1 aliphatic heterocycles. The molecule has 11 nitrogen and oxygen atoms in total. The van der Waals surface area contributed by atoms with Gasteiger partial charge in [-0.2, -0.15) is 0 Å². The molecule has 0 spiro atoms. The van der Waals surface area contributed by atoms with Crippen molar-refractivity contribution in [3.8, 4) is 5.75 Å². The van der Waals surface area contributed by atoms with Gasteiger partial charge < -0.3 is 19.1 Å². The zero-order chi connectivity index (χ0) is 24.0. The maximum atomic E-state index is 13.0. The highest BCUT2D eigenvalue weighted by Gasteiger charge is 2.25. The highest BCUT2D eigenvalue weighted by atomic mass is 32.1. The highest BCUT2D eigenvalue weighted by Crippen LogP contribution is 2.34. The fraction of sp³-hybridized carbons (Fsp3) is 0.409. The van der Waals surface area contributed by atoms with Crippen molar-refractivity contribution in [1.82, 2.24) is 28.6 Å². The SMILES string of the molecule is CCOc1cccc2sc(N3CCN(C(=O)Cn4cnc5c4c(=O)n(C)c(=O)n5C)CC3)nc12. The summed E-state index contributed by atoms with van der Waals surface area (Å²) in [4.78, 5) is 50.7. The highest BCUT2D eigenvalue weighted by molar-refractivity contribution is 7.22. The second-order valence-electron chi connectivity index (χ2n) is 8.15. The number of aromatic nitrogens is 5. The Hall–Kier alpha value is -3.67. The Bertz CT molecular complexity index is 1510. The lowest BCUT2D eigenvalue weighted by Crippen LogP contribution is -2.49. The van der Waals surface area contributed by atoms with Crippen molar-refractivity contribution in [3.05, 3.63) is 45.4 Å². The van der Waals surface area contributed by atoms with E-state index in [1.54, 1.807) is 23.3 Å². The first-order valence-corrected chi connectivity index (χ1v) is 11.9. The Morgan fingerprint density at radius 3 is 2.62 bits per heavy atom. The van der Waals surface area contributed by atoms with E-state index in [-0.39, 0.29) is 23.6 Å². The first kappa shape index (κ1) is 22.1. The quantitative estimate of drug-likeness (QED) is 0.413. The molecule has 1 aromatic carbocycles. The van der Waals surface area contributed by atoms with Crippen molar-refractivity contribution >= 4 is 43.8 Å². The molecule has 0 N–H and O–H groups in total. The lowest BCUT2D eigenvalue weighted by Gasteiger charge is -2.34. The molecule has 1 fully saturated rings. The van der Waals surface area contributed by atoms with Gasteiger partial charge in [0.05, 0.1) is 17.6 Å². The molecule has 1 saturated heterocycles. The molecule has 0 radical (unpaired) electrons. The normalized spacial score (nSPS) is 14.3. The van der Waals surface area contributed by atoms with Crippen LogP contribution >= 0.6 is 11.3 Å². The summed E-state index contributed by atoms with van der Waals surface area (Å²) in [5.74, 6) is 0.685. The molecule has 4 heterocycles. The molecular formula is C22H25N7O4S. The number of anilines is 1. The van der Waals surface area contributed by atoms with E-state index in [1.165, 1.54) is 22.5 Å². The molecule has 1 aliphatic rings. The van der Waals surface area contributed by atoms with E-state index in [0.717, 1.165) is 25.7 Å². The second-order valence-corrected chi connectivity index (χ2v) is 9.16. The number of imidazole rings is 1. The van der Waals surface area contributed by atoms with Crippen LogP contribution in [-0.4, -0.2) is 67.3 Å². The number of hydrogen-bond donors (Lipinski definition) is 0. The van der Waals surface area contributed by atoms with Gasteiger partial charge in [-0.05, 0) is 19.1 Å². The number of hydrogen-bond acceptors (Lipinski definition) is 8. The van der Waals surface area contributed by atoms with E-state index in [9.17, 15) is 14.4 Å². The number of benzene rings is 1. The number of fused-ring (bicyclic) bond motifs is 2. The number of ether oxygens (including phenoxy) is 1. The van der Waals surface area contributed by atoms with Crippen molar-refractivity contribution in [2.24, 2.45) is 14.1 Å². The topological polar surface area (TPSA) is 107 Å². The van der Waals surface area contributed by atoms with Crippen LogP contribution in [0.3, 0.4) is 0 Å². The largest absolute Gasteiger partial charge is 0.492 e. The molecule has 12 heteroatoms. The van der Waals surface area contributed by atoms with E-state index in [4.69, 9.17) is 9.72 Å². The molecule has 0 saturated carbocycles. The van der Waals surface area contributed by atoms with Gasteiger partial charge in [0.1, 0.15) is 17.8 Å². The smallest absolute Gasteiger partial charge is 0.332 e. The predicted octanol–water partition coefficient (Wildman–Crippen LogP) is 0.791. The van der Waals surface area contributed by atoms with Crippen LogP contribution in [0.15, 0.2) is 34.1 Å². The number of para-hydroxylation sites is 1. The Morgan fingerprint density at radius 2 is 1.88 bits per heavy atom. The summed E-state index contributed by atoms with van der Waals surface area (Å²) in [6, 6.07) is 5.93. The van der Waals surface area contributed by atoms with Crippen LogP contribution in [0.4, 0.5) is 5.13 Å². The van der Waals surface area contributed by atoms with Crippen molar-refractivity contribution in [3.63, 3.8) is 0 Å². The number of amides is 1. The standard InChI is InChI=1S/C22H25N7O4S/c1-4-33-14-6-5-7-15-17(14)24-21(34-15)28-10-8-27(9-11-28)16(30)12-29-13-23-19-18(29)20(31)26(3)22(32)25(19)2/h5-7,13H,4,8-12H2,1-3H3. The van der Waals surface area contributed by atoms with Gasteiger partial charge in [0.2, 0.25) is 5.91 Å². The lowest BCUT2D eigenvalue weighted by atomic mass is 10.3. The zero-order valence-electron chi connectivity index (χ0n) is 19.2. The van der Waals surface area contributed by atoms with Crippen LogP contribution in [0.1, 0.15) is 6.92 Å². The van der Waals surface area contributed by atoms with E-state index in [0.29, 0.717) is 32.8 Å². The van der Waals surface area contributed by atoms with Gasteiger partial charge in [-0.15, -0.1) is 0 Å². The summed E-state index contributed by atoms with van der Waals surface area (Å²) in [6.07, 6.45) is 1.44. The van der Waals surface area contributed by atoms with Crippen LogP contribution in [0, 0.1) is 0 Å². The molecule has 0 atom stereocenters. The Balaban J connectivity index is 1.30. The van der Waals surface area contributed by atoms with Crippen LogP contribution in [0.25, 0.3) is 21.4 Å². The Morgan fingerprint density at radius 1 is 1.12 bits per heavy atom. The number of carbonyl (C=O) groups is 1. The van der Waals surface area contributed by atoms with E-state index >= 15 is 0 Å². The fourth-order valence-corrected chi connectivity index (χ4v) is 5.26. The fourth-order valence-electron chi connectivity index (χ4n) is 4.23. The van der Waals surface area contributed by atoms with Crippen molar-refractivity contribution < 1.29 is 9.53 Å². The summed E-state index contributed by atoms with van der Waals surface area (Å²) >= 11 is 1.62. The number of rotatable bonds is 5. The molecule has 0 bridgehead atoms. The van der Waals surface area contributed by atoms with Gasteiger partial charge >= 0.3 is 5.69 Å². The summed E-state index contributed by atoms with van der Waals surface area (Å²) in [5.41, 5.74) is 0.471. The van der Waals surface area contributed by atoms with Crippen molar-refractivity contribution in [2.75, 3.05) is 37.7 Å². The van der Waals surface area contributed by atoms with Gasteiger partial charge in [-0.1, -0.05) is 17.4 Å². The van der Waals surface area contributed by atoms with Crippen LogP contribution in [0.5, 0.6) is 5.75 Å². The molecule has 3 aromatic heterocycles. The van der Waals surface area contributed by atoms with E-state index < -0.39 is 11.2 Å². The van der Waals surface area contributed by atoms with E-state index in [1.807, 2.05) is 25.1 Å². The molecule has 34 heavy (non-hydrogen) atoms. The number of thiazole rings is 1. The van der Waals surface area contributed by atoms with Gasteiger partial charge in [-0.25, -0.2) is 14.8 Å². The van der Waals surface area contributed by atoms with Gasteiger partial charge in [0.25, 0.3) is 5.56 Å². The van der Waals surface area contributed by atoms with Gasteiger partial charge in [0.15, 0.2) is 16.3 Å². The number of nitrogens with zero attached hydrogens (tertiary/aromatic N) is 7. The molecular weight excluding hydrogens is 458 g/mol. The minimum Gasteiger partial charge on any atom is -0.492 e. The summed E-state index contributed by atoms with van der Waals surface area (Å²) in [6.45, 7) is 4.96. The first-order chi connectivity index (χ1) is 16.4. The summed E-state index contributed by atoms with van der Waals surface area (Å²) in [7, 11) is 2.98. The third kappa shape index (κ3) is 3.63. The third-order valence-corrected chi connectivity index (χ3v) is 7.18. The summed E-state index contributed by atoms with van der Waals surface area (Å²) in [5, 5.41) is 0.916. The zero-order valence-corrected chi connectivity index (χ0v) is 20.0. The molecule has 0 unspecified atom stereocenters. The molecule has 0 aliphatic carbocycles. The molecule has 178 valence electrons. The monoisotopic (exact) mass is 483 g/mol. The van der Waals surface area contributed by atoms with Crippen molar-refractivity contribution in [2.45, 2.75) is 13.5 Å². The Kier molecular flexibility index (Phi) is 5.60. The Labute approximate surface area is 198 Å². The van der Waals surface area contributed by atoms with Gasteiger partial charge in [0, 0.05) is 40.3 Å². The number of piperazine rings is 1. The third-order valence-electron chi connectivity index (χ3n) is 6.10. The molecule has 4 aromatic rings. The second kappa shape index (κ2) is 8.60. The maximum Gasteiger partial charge on any atom is 0.332 e. The average Bonchev–Trinajstić information content (AvgIpc) is 3.47. The maximum absolute atomic E-state index is 13.0. The first-order valence-electron chi connectivity index (χ1n) is 11.0. The minimum absolute atomic E-state index is 0.0111. The number of aryl methyl sites for hydroxylation is 1. The summed E-state index contributed by atoms with van der Waals surface area (Å²) < 4.78 is 10.6.